The summed E-state index contributed by atoms with van der Waals surface area (Å²) in [6, 6.07) is 21.3. The highest BCUT2D eigenvalue weighted by molar-refractivity contribution is 6.30. The van der Waals surface area contributed by atoms with Crippen molar-refractivity contribution >= 4 is 28.9 Å². The number of amides is 1. The molecule has 0 saturated carbocycles. The van der Waals surface area contributed by atoms with Crippen LogP contribution < -0.4 is 20.9 Å². The van der Waals surface area contributed by atoms with Crippen molar-refractivity contribution in [2.75, 3.05) is 18.5 Å². The number of rotatable bonds is 8. The van der Waals surface area contributed by atoms with E-state index in [9.17, 15) is 9.59 Å². The van der Waals surface area contributed by atoms with Crippen molar-refractivity contribution in [1.29, 1.82) is 0 Å². The zero-order chi connectivity index (χ0) is 26.5. The summed E-state index contributed by atoms with van der Waals surface area (Å²) in [5.74, 6) is 0.593. The third kappa shape index (κ3) is 6.04. The van der Waals surface area contributed by atoms with Crippen LogP contribution in [0.1, 0.15) is 28.8 Å². The molecule has 1 unspecified atom stereocenters. The standard InChI is InChI=1S/C29H27ClN4O4/c1-19-6-2-11-24(14-19)38-26-18-32-34(23-10-4-8-21(30)16-23)29(36)27(26)33-22-9-3-7-20(15-22)28(35)31-17-25-12-5-13-37-25/h2-4,6-11,14-16,18,25,33H,5,12-13,17H2,1H3,(H,31,35). The van der Waals surface area contributed by atoms with Gasteiger partial charge in [-0.25, -0.2) is 0 Å². The Bertz CT molecular complexity index is 1510. The molecule has 0 bridgehead atoms. The van der Waals surface area contributed by atoms with Crippen LogP contribution >= 0.6 is 11.6 Å². The lowest BCUT2D eigenvalue weighted by Gasteiger charge is -2.15. The number of carbonyl (C=O) groups excluding carboxylic acids is 1. The van der Waals surface area contributed by atoms with E-state index in [-0.39, 0.29) is 23.4 Å². The number of aromatic nitrogens is 2. The summed E-state index contributed by atoms with van der Waals surface area (Å²) in [7, 11) is 0. The summed E-state index contributed by atoms with van der Waals surface area (Å²) in [6.45, 7) is 3.14. The molecule has 2 N–H and O–H groups in total. The first kappa shape index (κ1) is 25.5. The van der Waals surface area contributed by atoms with Crippen LogP contribution in [0, 0.1) is 6.92 Å². The van der Waals surface area contributed by atoms with Crippen molar-refractivity contribution in [3.63, 3.8) is 0 Å². The Kier molecular flexibility index (Phi) is 7.72. The molecule has 8 nitrogen and oxygen atoms in total. The molecule has 5 rings (SSSR count). The first-order valence-corrected chi connectivity index (χ1v) is 12.7. The van der Waals surface area contributed by atoms with Gasteiger partial charge in [-0.2, -0.15) is 9.78 Å². The molecular weight excluding hydrogens is 504 g/mol. The average molecular weight is 531 g/mol. The van der Waals surface area contributed by atoms with E-state index in [0.717, 1.165) is 25.0 Å². The van der Waals surface area contributed by atoms with E-state index >= 15 is 0 Å². The summed E-state index contributed by atoms with van der Waals surface area (Å²) in [5, 5.41) is 10.9. The molecule has 1 saturated heterocycles. The third-order valence-corrected chi connectivity index (χ3v) is 6.36. The van der Waals surface area contributed by atoms with Gasteiger partial charge in [0.2, 0.25) is 0 Å². The SMILES string of the molecule is Cc1cccc(Oc2cnn(-c3cccc(Cl)c3)c(=O)c2Nc2cccc(C(=O)NCC3CCCO3)c2)c1. The number of nitrogens with one attached hydrogen (secondary N) is 2. The van der Waals surface area contributed by atoms with Crippen molar-refractivity contribution in [3.05, 3.63) is 105 Å². The number of hydrogen-bond donors (Lipinski definition) is 2. The van der Waals surface area contributed by atoms with Crippen LogP contribution in [0.25, 0.3) is 5.69 Å². The van der Waals surface area contributed by atoms with Crippen molar-refractivity contribution in [3.8, 4) is 17.2 Å². The first-order chi connectivity index (χ1) is 18.5. The van der Waals surface area contributed by atoms with E-state index in [1.54, 1.807) is 54.6 Å². The van der Waals surface area contributed by atoms with Gasteiger partial charge in [0.15, 0.2) is 11.4 Å². The summed E-state index contributed by atoms with van der Waals surface area (Å²) >= 11 is 6.16. The molecule has 1 amide bonds. The van der Waals surface area contributed by atoms with Crippen molar-refractivity contribution < 1.29 is 14.3 Å². The smallest absolute Gasteiger partial charge is 0.299 e. The number of aryl methyl sites for hydroxylation is 1. The topological polar surface area (TPSA) is 94.5 Å². The van der Waals surface area contributed by atoms with Gasteiger partial charge in [0.1, 0.15) is 5.75 Å². The Morgan fingerprint density at radius 3 is 2.76 bits per heavy atom. The zero-order valence-electron chi connectivity index (χ0n) is 20.8. The Balaban J connectivity index is 1.46. The van der Waals surface area contributed by atoms with E-state index in [1.807, 2.05) is 25.1 Å². The zero-order valence-corrected chi connectivity index (χ0v) is 21.6. The third-order valence-electron chi connectivity index (χ3n) is 6.12. The molecular formula is C29H27ClN4O4. The summed E-state index contributed by atoms with van der Waals surface area (Å²) in [4.78, 5) is 26.4. The molecule has 0 aliphatic carbocycles. The molecule has 9 heteroatoms. The number of benzene rings is 3. The van der Waals surface area contributed by atoms with Gasteiger partial charge in [0.05, 0.1) is 18.0 Å². The number of halogens is 1. The minimum absolute atomic E-state index is 0.0448. The number of nitrogens with zero attached hydrogens (tertiary/aromatic N) is 2. The molecule has 4 aromatic rings. The van der Waals surface area contributed by atoms with Gasteiger partial charge in [0, 0.05) is 29.4 Å². The predicted octanol–water partition coefficient (Wildman–Crippen LogP) is 5.64. The minimum Gasteiger partial charge on any atom is -0.453 e. The number of anilines is 2. The van der Waals surface area contributed by atoms with Gasteiger partial charge in [0.25, 0.3) is 11.5 Å². The maximum atomic E-state index is 13.7. The Morgan fingerprint density at radius 1 is 1.13 bits per heavy atom. The van der Waals surface area contributed by atoms with Crippen molar-refractivity contribution in [2.24, 2.45) is 0 Å². The minimum atomic E-state index is -0.439. The van der Waals surface area contributed by atoms with Gasteiger partial charge in [-0.05, 0) is 73.9 Å². The van der Waals surface area contributed by atoms with Gasteiger partial charge >= 0.3 is 0 Å². The monoisotopic (exact) mass is 530 g/mol. The van der Waals surface area contributed by atoms with Crippen LogP contribution in [0.2, 0.25) is 5.02 Å². The molecule has 2 heterocycles. The average Bonchev–Trinajstić information content (AvgIpc) is 3.43. The highest BCUT2D eigenvalue weighted by atomic mass is 35.5. The highest BCUT2D eigenvalue weighted by Gasteiger charge is 2.18. The molecule has 0 spiro atoms. The van der Waals surface area contributed by atoms with E-state index in [1.165, 1.54) is 10.9 Å². The van der Waals surface area contributed by atoms with Crippen LogP contribution in [0.4, 0.5) is 11.4 Å². The maximum absolute atomic E-state index is 13.7. The second-order valence-electron chi connectivity index (χ2n) is 9.05. The van der Waals surface area contributed by atoms with E-state index in [0.29, 0.717) is 34.3 Å². The molecule has 3 aromatic carbocycles. The highest BCUT2D eigenvalue weighted by Crippen LogP contribution is 2.29. The van der Waals surface area contributed by atoms with E-state index < -0.39 is 5.56 Å². The van der Waals surface area contributed by atoms with Crippen molar-refractivity contribution in [2.45, 2.75) is 25.9 Å². The molecule has 0 radical (unpaired) electrons. The summed E-state index contributed by atoms with van der Waals surface area (Å²) < 4.78 is 12.9. The number of ether oxygens (including phenoxy) is 2. The fourth-order valence-corrected chi connectivity index (χ4v) is 4.41. The van der Waals surface area contributed by atoms with Crippen LogP contribution in [-0.4, -0.2) is 34.9 Å². The van der Waals surface area contributed by atoms with Gasteiger partial charge < -0.3 is 20.1 Å². The Hall–Kier alpha value is -4.14. The van der Waals surface area contributed by atoms with Crippen molar-refractivity contribution in [1.82, 2.24) is 15.1 Å². The lowest BCUT2D eigenvalue weighted by molar-refractivity contribution is 0.0858. The fourth-order valence-electron chi connectivity index (χ4n) is 4.22. The Morgan fingerprint density at radius 2 is 1.97 bits per heavy atom. The molecule has 1 aliphatic rings. The van der Waals surface area contributed by atoms with E-state index in [4.69, 9.17) is 21.1 Å². The molecule has 194 valence electrons. The predicted molar refractivity (Wildman–Crippen MR) is 147 cm³/mol. The van der Waals surface area contributed by atoms with Crippen LogP contribution in [0.3, 0.4) is 0 Å². The molecule has 1 fully saturated rings. The summed E-state index contributed by atoms with van der Waals surface area (Å²) in [5.41, 5.74) is 2.25. The van der Waals surface area contributed by atoms with Gasteiger partial charge in [-0.1, -0.05) is 35.9 Å². The van der Waals surface area contributed by atoms with Crippen LogP contribution in [0.5, 0.6) is 11.5 Å². The van der Waals surface area contributed by atoms with Crippen LogP contribution in [0.15, 0.2) is 83.8 Å². The molecule has 1 aliphatic heterocycles. The second kappa shape index (κ2) is 11.5. The molecule has 1 atom stereocenters. The largest absolute Gasteiger partial charge is 0.453 e. The first-order valence-electron chi connectivity index (χ1n) is 12.4. The Labute approximate surface area is 225 Å². The fraction of sp³-hybridized carbons (Fsp3) is 0.207. The number of hydrogen-bond acceptors (Lipinski definition) is 6. The van der Waals surface area contributed by atoms with Gasteiger partial charge in [-0.3, -0.25) is 9.59 Å². The number of carbonyl (C=O) groups is 1. The quantitative estimate of drug-likeness (QED) is 0.306. The maximum Gasteiger partial charge on any atom is 0.299 e. The lowest BCUT2D eigenvalue weighted by atomic mass is 10.1. The lowest BCUT2D eigenvalue weighted by Crippen LogP contribution is -2.31. The van der Waals surface area contributed by atoms with Crippen LogP contribution in [-0.2, 0) is 4.74 Å². The summed E-state index contributed by atoms with van der Waals surface area (Å²) in [6.07, 6.45) is 3.46. The van der Waals surface area contributed by atoms with Gasteiger partial charge in [-0.15, -0.1) is 0 Å². The molecule has 1 aromatic heterocycles. The van der Waals surface area contributed by atoms with E-state index in [2.05, 4.69) is 15.7 Å². The second-order valence-corrected chi connectivity index (χ2v) is 9.49. The molecule has 38 heavy (non-hydrogen) atoms. The normalized spacial score (nSPS) is 14.7.